The number of hydrogen-bond acceptors (Lipinski definition) is 4. The number of nitrogens with zero attached hydrogens (tertiary/aromatic N) is 1. The summed E-state index contributed by atoms with van der Waals surface area (Å²) in [6, 6.07) is 13.6. The van der Waals surface area contributed by atoms with E-state index in [-0.39, 0.29) is 16.6 Å². The maximum Gasteiger partial charge on any atom is 0.243 e. The van der Waals surface area contributed by atoms with E-state index < -0.39 is 10.0 Å². The highest BCUT2D eigenvalue weighted by molar-refractivity contribution is 8.00. The van der Waals surface area contributed by atoms with Gasteiger partial charge in [0.25, 0.3) is 0 Å². The Labute approximate surface area is 163 Å². The van der Waals surface area contributed by atoms with Crippen molar-refractivity contribution in [2.45, 2.75) is 23.6 Å². The topological polar surface area (TPSA) is 66.5 Å². The van der Waals surface area contributed by atoms with Crippen LogP contribution in [0.25, 0.3) is 0 Å². The molecule has 0 saturated heterocycles. The average Bonchev–Trinajstić information content (AvgIpc) is 2.61. The molecule has 0 aliphatic heterocycles. The molecule has 0 saturated carbocycles. The Morgan fingerprint density at radius 2 is 1.81 bits per heavy atom. The van der Waals surface area contributed by atoms with Gasteiger partial charge in [-0.05, 0) is 36.4 Å². The number of sulfonamides is 1. The normalized spacial score (nSPS) is 11.5. The zero-order valence-electron chi connectivity index (χ0n) is 14.6. The number of rotatable bonds is 8. The van der Waals surface area contributed by atoms with E-state index in [1.165, 1.54) is 28.2 Å². The minimum absolute atomic E-state index is 0.168. The van der Waals surface area contributed by atoms with Crippen molar-refractivity contribution in [2.24, 2.45) is 0 Å². The minimum Gasteiger partial charge on any atom is -0.325 e. The van der Waals surface area contributed by atoms with Gasteiger partial charge in [0.15, 0.2) is 0 Å². The summed E-state index contributed by atoms with van der Waals surface area (Å²) in [4.78, 5) is 13.2. The molecule has 0 radical (unpaired) electrons. The van der Waals surface area contributed by atoms with Gasteiger partial charge in [-0.1, -0.05) is 37.6 Å². The lowest BCUT2D eigenvalue weighted by molar-refractivity contribution is -0.113. The number of thioether (sulfide) groups is 1. The molecular formula is C18H21ClN2O3S2. The summed E-state index contributed by atoms with van der Waals surface area (Å²) in [7, 11) is -3.56. The molecule has 1 amide bonds. The smallest absolute Gasteiger partial charge is 0.243 e. The Morgan fingerprint density at radius 3 is 2.46 bits per heavy atom. The summed E-state index contributed by atoms with van der Waals surface area (Å²) in [6.45, 7) is 4.37. The number of carbonyl (C=O) groups is 1. The lowest BCUT2D eigenvalue weighted by atomic mass is 10.3. The van der Waals surface area contributed by atoms with Gasteiger partial charge in [-0.3, -0.25) is 4.79 Å². The van der Waals surface area contributed by atoms with Crippen LogP contribution >= 0.6 is 23.4 Å². The Bertz CT molecular complexity index is 868. The Hall–Kier alpha value is -1.54. The summed E-state index contributed by atoms with van der Waals surface area (Å²) in [5.74, 6) is -0.0137. The summed E-state index contributed by atoms with van der Waals surface area (Å²) < 4.78 is 26.5. The Morgan fingerprint density at radius 1 is 1.12 bits per heavy atom. The Balaban J connectivity index is 2.05. The van der Waals surface area contributed by atoms with Gasteiger partial charge in [-0.2, -0.15) is 4.31 Å². The third-order valence-corrected chi connectivity index (χ3v) is 6.90. The zero-order chi connectivity index (χ0) is 19.2. The molecule has 8 heteroatoms. The van der Waals surface area contributed by atoms with Gasteiger partial charge in [0.2, 0.25) is 15.9 Å². The van der Waals surface area contributed by atoms with E-state index in [0.717, 1.165) is 4.90 Å². The van der Waals surface area contributed by atoms with Crippen LogP contribution in [0, 0.1) is 0 Å². The van der Waals surface area contributed by atoms with Crippen LogP contribution in [0.1, 0.15) is 13.8 Å². The van der Waals surface area contributed by atoms with Crippen LogP contribution in [-0.4, -0.2) is 37.5 Å². The molecule has 0 spiro atoms. The van der Waals surface area contributed by atoms with Crippen LogP contribution in [0.4, 0.5) is 5.69 Å². The van der Waals surface area contributed by atoms with Crippen LogP contribution in [0.3, 0.4) is 0 Å². The lowest BCUT2D eigenvalue weighted by Gasteiger charge is -2.18. The molecule has 0 aliphatic carbocycles. The first-order valence-electron chi connectivity index (χ1n) is 8.15. The van der Waals surface area contributed by atoms with Crippen molar-refractivity contribution >= 4 is 45.0 Å². The molecule has 0 heterocycles. The fraction of sp³-hybridized carbons (Fsp3) is 0.278. The first-order chi connectivity index (χ1) is 12.4. The maximum atomic E-state index is 12.6. The second kappa shape index (κ2) is 9.41. The van der Waals surface area contributed by atoms with Crippen molar-refractivity contribution in [3.05, 3.63) is 53.6 Å². The number of anilines is 1. The number of halogens is 1. The third-order valence-electron chi connectivity index (χ3n) is 3.63. The first kappa shape index (κ1) is 20.8. The van der Waals surface area contributed by atoms with Crippen LogP contribution < -0.4 is 5.32 Å². The minimum atomic E-state index is -3.56. The van der Waals surface area contributed by atoms with Crippen molar-refractivity contribution in [1.82, 2.24) is 4.31 Å². The van der Waals surface area contributed by atoms with E-state index in [1.807, 2.05) is 12.1 Å². The predicted octanol–water partition coefficient (Wildman–Crippen LogP) is 4.10. The molecule has 5 nitrogen and oxygen atoms in total. The highest BCUT2D eigenvalue weighted by atomic mass is 35.5. The van der Waals surface area contributed by atoms with Crippen molar-refractivity contribution in [1.29, 1.82) is 0 Å². The second-order valence-corrected chi connectivity index (χ2v) is 8.83. The second-order valence-electron chi connectivity index (χ2n) is 5.41. The highest BCUT2D eigenvalue weighted by Crippen LogP contribution is 2.23. The monoisotopic (exact) mass is 412 g/mol. The molecular weight excluding hydrogens is 392 g/mol. The summed E-state index contributed by atoms with van der Waals surface area (Å²) >= 11 is 7.29. The van der Waals surface area contributed by atoms with Crippen molar-refractivity contribution in [3.8, 4) is 0 Å². The standard InChI is InChI=1S/C18H21ClN2O3S2/c1-3-21(4-2)26(23,24)17-10-6-8-15(12-17)20-18(22)13-25-16-9-5-7-14(19)11-16/h5-12H,3-4,13H2,1-2H3,(H,20,22). The number of hydrogen-bond donors (Lipinski definition) is 1. The van der Waals surface area contributed by atoms with Gasteiger partial charge in [-0.25, -0.2) is 8.42 Å². The molecule has 0 aromatic heterocycles. The van der Waals surface area contributed by atoms with Crippen LogP contribution in [0.5, 0.6) is 0 Å². The zero-order valence-corrected chi connectivity index (χ0v) is 17.0. The molecule has 1 N–H and O–H groups in total. The van der Waals surface area contributed by atoms with Crippen LogP contribution in [-0.2, 0) is 14.8 Å². The number of nitrogens with one attached hydrogen (secondary N) is 1. The van der Waals surface area contributed by atoms with Crippen LogP contribution in [0.2, 0.25) is 5.02 Å². The predicted molar refractivity (Wildman–Crippen MR) is 107 cm³/mol. The van der Waals surface area contributed by atoms with E-state index in [0.29, 0.717) is 23.8 Å². The van der Waals surface area contributed by atoms with E-state index >= 15 is 0 Å². The summed E-state index contributed by atoms with van der Waals surface area (Å²) in [5.41, 5.74) is 0.454. The van der Waals surface area contributed by atoms with E-state index in [2.05, 4.69) is 5.32 Å². The molecule has 2 aromatic carbocycles. The fourth-order valence-corrected chi connectivity index (χ4v) is 4.86. The average molecular weight is 413 g/mol. The quantitative estimate of drug-likeness (QED) is 0.663. The molecule has 140 valence electrons. The number of carbonyl (C=O) groups excluding carboxylic acids is 1. The molecule has 0 unspecified atom stereocenters. The molecule has 0 aliphatic rings. The molecule has 0 fully saturated rings. The van der Waals surface area contributed by atoms with Crippen molar-refractivity contribution < 1.29 is 13.2 Å². The number of amides is 1. The molecule has 2 rings (SSSR count). The number of benzene rings is 2. The van der Waals surface area contributed by atoms with Gasteiger partial charge in [0, 0.05) is 28.7 Å². The van der Waals surface area contributed by atoms with E-state index in [9.17, 15) is 13.2 Å². The Kier molecular flexibility index (Phi) is 7.52. The third kappa shape index (κ3) is 5.48. The van der Waals surface area contributed by atoms with Crippen molar-refractivity contribution in [3.63, 3.8) is 0 Å². The lowest BCUT2D eigenvalue weighted by Crippen LogP contribution is -2.30. The molecule has 26 heavy (non-hydrogen) atoms. The molecule has 0 bridgehead atoms. The van der Waals surface area contributed by atoms with E-state index in [4.69, 9.17) is 11.6 Å². The van der Waals surface area contributed by atoms with E-state index in [1.54, 1.807) is 38.1 Å². The molecule has 0 atom stereocenters. The SMILES string of the molecule is CCN(CC)S(=O)(=O)c1cccc(NC(=O)CSc2cccc(Cl)c2)c1. The summed E-state index contributed by atoms with van der Waals surface area (Å²) in [5, 5.41) is 3.35. The maximum absolute atomic E-state index is 12.6. The first-order valence-corrected chi connectivity index (χ1v) is 11.0. The van der Waals surface area contributed by atoms with Gasteiger partial charge in [0.1, 0.15) is 0 Å². The highest BCUT2D eigenvalue weighted by Gasteiger charge is 2.21. The van der Waals surface area contributed by atoms with Crippen LogP contribution in [0.15, 0.2) is 58.3 Å². The largest absolute Gasteiger partial charge is 0.325 e. The summed E-state index contributed by atoms with van der Waals surface area (Å²) in [6.07, 6.45) is 0. The molecule has 2 aromatic rings. The van der Waals surface area contributed by atoms with Gasteiger partial charge in [-0.15, -0.1) is 11.8 Å². The fourth-order valence-electron chi connectivity index (χ4n) is 2.35. The van der Waals surface area contributed by atoms with Crippen molar-refractivity contribution in [2.75, 3.05) is 24.2 Å². The van der Waals surface area contributed by atoms with Gasteiger partial charge in [0.05, 0.1) is 10.6 Å². The van der Waals surface area contributed by atoms with Gasteiger partial charge < -0.3 is 5.32 Å². The van der Waals surface area contributed by atoms with Gasteiger partial charge >= 0.3 is 0 Å².